The van der Waals surface area contributed by atoms with E-state index in [9.17, 15) is 81.4 Å². The number of ether oxygens (including phenoxy) is 8. The minimum absolute atomic E-state index is 0.0623. The average molecular weight is 1120 g/mol. The molecule has 4 saturated heterocycles. The molecule has 78 heavy (non-hydrogen) atoms. The van der Waals surface area contributed by atoms with Crippen molar-refractivity contribution in [2.24, 2.45) is 50.2 Å². The van der Waals surface area contributed by atoms with Crippen molar-refractivity contribution in [1.29, 1.82) is 0 Å². The van der Waals surface area contributed by atoms with E-state index in [1.54, 1.807) is 6.92 Å². The normalized spacial score (nSPS) is 57.3. The van der Waals surface area contributed by atoms with E-state index in [1.807, 2.05) is 20.8 Å². The van der Waals surface area contributed by atoms with Gasteiger partial charge in [0.1, 0.15) is 79.4 Å². The van der Waals surface area contributed by atoms with Gasteiger partial charge in [0.05, 0.1) is 50.3 Å². The SMILES string of the molecule is C[C@@H]1O[C@@H](O[C@H]2[C@H](O[C@H]3[C@H](O[C@H]4CC[C@@]5(C)[C@@H](CC[C@]6(C)[C@@H]5CC=C5[C@@H]7C[C@@](C)(CO)[C@@H](O[C@@H]8O[C@@H](C)[C@H](O)[C@@H](O)[C@H]8O)[C@@H](O)[C@]7(C)CC[C@]56C)[C@@]4(C)CO)O[C@H](C(=O)O)[C@@H](O)[C@@H]3O)O[C@H](CO)[C@H](O)[C@@H]2O)[C@H](O)[C@H](O)[C@H]1O. The Bertz CT molecular complexity index is 2180. The van der Waals surface area contributed by atoms with Crippen molar-refractivity contribution in [3.8, 4) is 0 Å². The molecule has 0 aromatic carbocycles. The molecule has 4 aliphatic heterocycles. The van der Waals surface area contributed by atoms with Crippen molar-refractivity contribution < 1.29 is 119 Å². The molecule has 448 valence electrons. The standard InChI is InChI=1S/C54H88O24/c1-21-29(58)32(61)37(66)45(71-21)76-40-34(63)31(60)25(18-55)73-47(40)77-41-36(65)35(64)39(44(69)70)75-48(41)74-28-12-13-51(5)26(52(28,6)20-57)11-14-54(8)27(51)10-9-23-24-17-49(3,19-56)43(42(68)50(24,4)15-16-53(23,54)7)78-46-38(67)33(62)30(59)22(2)72-46/h9,21-22,24-43,45-48,55-68H,10-20H2,1-8H3,(H,69,70)/t21-,22-,24-,25+,26+,27+,28-,29-,30-,31-,32+,33+,34-,35-,36-,37+,38+,39-,40+,41+,42+,43-,45-,46-,47-,48+,49-,50+,51-,52+,53+,54+/m0/s1. The zero-order valence-corrected chi connectivity index (χ0v) is 45.7. The molecule has 15 N–H and O–H groups in total. The molecule has 0 amide bonds. The van der Waals surface area contributed by atoms with Gasteiger partial charge in [-0.3, -0.25) is 0 Å². The first-order chi connectivity index (χ1) is 36.4. The molecule has 0 aromatic heterocycles. The maximum Gasteiger partial charge on any atom is 0.335 e. The summed E-state index contributed by atoms with van der Waals surface area (Å²) in [7, 11) is 0. The molecule has 32 atom stereocenters. The highest BCUT2D eigenvalue weighted by molar-refractivity contribution is 5.73. The van der Waals surface area contributed by atoms with Crippen LogP contribution in [0.25, 0.3) is 0 Å². The van der Waals surface area contributed by atoms with Crippen LogP contribution in [0.1, 0.15) is 107 Å². The first kappa shape index (κ1) is 60.9. The highest BCUT2D eigenvalue weighted by Gasteiger charge is 2.71. The number of aliphatic hydroxyl groups is 14. The van der Waals surface area contributed by atoms with Crippen LogP contribution in [-0.4, -0.2) is 244 Å². The van der Waals surface area contributed by atoms with E-state index < -0.39 is 175 Å². The van der Waals surface area contributed by atoms with Gasteiger partial charge in [-0.2, -0.15) is 0 Å². The third-order valence-corrected chi connectivity index (χ3v) is 22.0. The van der Waals surface area contributed by atoms with E-state index in [-0.39, 0.29) is 41.8 Å². The summed E-state index contributed by atoms with van der Waals surface area (Å²) in [4.78, 5) is 12.6. The van der Waals surface area contributed by atoms with Crippen LogP contribution in [0.4, 0.5) is 0 Å². The van der Waals surface area contributed by atoms with Crippen LogP contribution in [0.2, 0.25) is 0 Å². The van der Waals surface area contributed by atoms with Crippen molar-refractivity contribution in [3.05, 3.63) is 11.6 Å². The minimum Gasteiger partial charge on any atom is -0.479 e. The Morgan fingerprint density at radius 2 is 1.14 bits per heavy atom. The van der Waals surface area contributed by atoms with Crippen LogP contribution in [0, 0.1) is 50.2 Å². The molecule has 0 bridgehead atoms. The zero-order valence-electron chi connectivity index (χ0n) is 45.7. The molecule has 8 fully saturated rings. The first-order valence-corrected chi connectivity index (χ1v) is 27.9. The lowest BCUT2D eigenvalue weighted by Crippen LogP contribution is -2.69. The summed E-state index contributed by atoms with van der Waals surface area (Å²) in [6, 6.07) is 0. The number of aliphatic hydroxyl groups excluding tert-OH is 14. The van der Waals surface area contributed by atoms with Crippen LogP contribution in [0.15, 0.2) is 11.6 Å². The Hall–Kier alpha value is -1.67. The second kappa shape index (κ2) is 21.8. The van der Waals surface area contributed by atoms with Crippen molar-refractivity contribution in [3.63, 3.8) is 0 Å². The Balaban J connectivity index is 0.975. The van der Waals surface area contributed by atoms with Crippen LogP contribution in [-0.2, 0) is 42.7 Å². The molecule has 0 spiro atoms. The fourth-order valence-corrected chi connectivity index (χ4v) is 16.7. The summed E-state index contributed by atoms with van der Waals surface area (Å²) in [6.07, 6.45) is -29.8. The van der Waals surface area contributed by atoms with Gasteiger partial charge in [0, 0.05) is 16.2 Å². The molecular weight excluding hydrogens is 1030 g/mol. The van der Waals surface area contributed by atoms with E-state index in [0.29, 0.717) is 44.9 Å². The summed E-state index contributed by atoms with van der Waals surface area (Å²) in [5, 5.41) is 164. The number of aliphatic carboxylic acids is 1. The number of carboxylic acids is 1. The van der Waals surface area contributed by atoms with Gasteiger partial charge in [-0.25, -0.2) is 4.79 Å². The van der Waals surface area contributed by atoms with Crippen LogP contribution >= 0.6 is 0 Å². The summed E-state index contributed by atoms with van der Waals surface area (Å²) < 4.78 is 48.5. The number of hydrogen-bond acceptors (Lipinski definition) is 23. The van der Waals surface area contributed by atoms with Gasteiger partial charge >= 0.3 is 5.97 Å². The molecule has 24 heteroatoms. The van der Waals surface area contributed by atoms with Gasteiger partial charge in [-0.15, -0.1) is 0 Å². The second-order valence-corrected chi connectivity index (χ2v) is 26.2. The summed E-state index contributed by atoms with van der Waals surface area (Å²) in [6.45, 7) is 14.0. The Kier molecular flexibility index (Phi) is 17.0. The molecule has 0 unspecified atom stereocenters. The monoisotopic (exact) mass is 1120 g/mol. The summed E-state index contributed by atoms with van der Waals surface area (Å²) >= 11 is 0. The quantitative estimate of drug-likeness (QED) is 0.0709. The van der Waals surface area contributed by atoms with Gasteiger partial charge in [0.25, 0.3) is 0 Å². The Morgan fingerprint density at radius 3 is 1.71 bits per heavy atom. The smallest absolute Gasteiger partial charge is 0.335 e. The highest BCUT2D eigenvalue weighted by Crippen LogP contribution is 2.76. The summed E-state index contributed by atoms with van der Waals surface area (Å²) in [5.74, 6) is -1.97. The predicted octanol–water partition coefficient (Wildman–Crippen LogP) is -2.50. The molecule has 4 saturated carbocycles. The Labute approximate surface area is 453 Å². The molecular formula is C54H88O24. The van der Waals surface area contributed by atoms with Crippen LogP contribution in [0.5, 0.6) is 0 Å². The zero-order chi connectivity index (χ0) is 57.3. The average Bonchev–Trinajstić information content (AvgIpc) is 3.49. The number of carbonyl (C=O) groups is 1. The van der Waals surface area contributed by atoms with E-state index >= 15 is 0 Å². The summed E-state index contributed by atoms with van der Waals surface area (Å²) in [5.41, 5.74) is -2.71. The van der Waals surface area contributed by atoms with Crippen molar-refractivity contribution in [2.75, 3.05) is 19.8 Å². The van der Waals surface area contributed by atoms with E-state index in [1.165, 1.54) is 12.5 Å². The number of allylic oxidation sites excluding steroid dienone is 2. The molecule has 24 nitrogen and oxygen atoms in total. The van der Waals surface area contributed by atoms with Crippen LogP contribution in [0.3, 0.4) is 0 Å². The number of carboxylic acid groups (broad SMARTS) is 1. The van der Waals surface area contributed by atoms with Gasteiger partial charge < -0.3 is 114 Å². The van der Waals surface area contributed by atoms with Gasteiger partial charge in [-0.1, -0.05) is 53.2 Å². The number of fused-ring (bicyclic) bond motifs is 7. The van der Waals surface area contributed by atoms with Gasteiger partial charge in [0.2, 0.25) is 0 Å². The molecule has 0 radical (unpaired) electrons. The number of rotatable bonds is 12. The lowest BCUT2D eigenvalue weighted by atomic mass is 9.33. The van der Waals surface area contributed by atoms with Crippen LogP contribution < -0.4 is 0 Å². The molecule has 0 aromatic rings. The lowest BCUT2D eigenvalue weighted by molar-refractivity contribution is -0.396. The number of hydrogen-bond donors (Lipinski definition) is 15. The van der Waals surface area contributed by atoms with Crippen molar-refractivity contribution in [1.82, 2.24) is 0 Å². The van der Waals surface area contributed by atoms with E-state index in [4.69, 9.17) is 37.9 Å². The first-order valence-electron chi connectivity index (χ1n) is 27.9. The molecule has 9 rings (SSSR count). The maximum absolute atomic E-state index is 12.6. The van der Waals surface area contributed by atoms with Crippen molar-refractivity contribution >= 4 is 5.97 Å². The highest BCUT2D eigenvalue weighted by atomic mass is 16.8. The third-order valence-electron chi connectivity index (χ3n) is 22.0. The van der Waals surface area contributed by atoms with Crippen molar-refractivity contribution in [2.45, 2.75) is 248 Å². The van der Waals surface area contributed by atoms with E-state index in [0.717, 1.165) is 6.42 Å². The lowest BCUT2D eigenvalue weighted by Gasteiger charge is -2.72. The second-order valence-electron chi connectivity index (χ2n) is 26.2. The fraction of sp³-hybridized carbons (Fsp3) is 0.944. The fourth-order valence-electron chi connectivity index (χ4n) is 16.7. The molecule has 4 heterocycles. The third kappa shape index (κ3) is 9.39. The topological polar surface area (TPSA) is 394 Å². The molecule has 5 aliphatic carbocycles. The maximum atomic E-state index is 12.6. The van der Waals surface area contributed by atoms with E-state index in [2.05, 4.69) is 26.8 Å². The Morgan fingerprint density at radius 1 is 0.577 bits per heavy atom. The molecule has 9 aliphatic rings. The largest absolute Gasteiger partial charge is 0.479 e. The van der Waals surface area contributed by atoms with Gasteiger partial charge in [-0.05, 0) is 99.2 Å². The minimum atomic E-state index is -2.12. The van der Waals surface area contributed by atoms with Gasteiger partial charge in [0.15, 0.2) is 31.3 Å². The predicted molar refractivity (Wildman–Crippen MR) is 265 cm³/mol.